The van der Waals surface area contributed by atoms with Crippen LogP contribution in [-0.4, -0.2) is 45.5 Å². The van der Waals surface area contributed by atoms with Crippen LogP contribution < -0.4 is 0 Å². The van der Waals surface area contributed by atoms with Gasteiger partial charge in [0.05, 0.1) is 12.6 Å². The van der Waals surface area contributed by atoms with E-state index in [1.54, 1.807) is 16.9 Å². The second-order valence-electron chi connectivity index (χ2n) is 6.13. The lowest BCUT2D eigenvalue weighted by Gasteiger charge is -2.33. The van der Waals surface area contributed by atoms with Crippen LogP contribution in [0.2, 0.25) is 0 Å². The summed E-state index contributed by atoms with van der Waals surface area (Å²) in [6, 6.07) is 6.01. The predicted molar refractivity (Wildman–Crippen MR) is 83.0 cm³/mol. The van der Waals surface area contributed by atoms with E-state index in [0.717, 1.165) is 31.5 Å². The van der Waals surface area contributed by atoms with Gasteiger partial charge in [-0.2, -0.15) is 5.10 Å². The Balaban J connectivity index is 1.49. The van der Waals surface area contributed by atoms with Gasteiger partial charge in [-0.25, -0.2) is 8.78 Å². The molecule has 2 aromatic rings. The highest BCUT2D eigenvalue weighted by atomic mass is 19.2. The molecule has 1 aromatic heterocycles. The SMILES string of the molecule is O[C@@H](CN1CCC(c2ccc(F)c(F)c2)CC1)Cn1cccn1. The minimum Gasteiger partial charge on any atom is -0.390 e. The lowest BCUT2D eigenvalue weighted by molar-refractivity contribution is 0.0822. The van der Waals surface area contributed by atoms with Crippen molar-refractivity contribution in [1.82, 2.24) is 14.7 Å². The molecule has 4 nitrogen and oxygen atoms in total. The number of nitrogens with zero attached hydrogens (tertiary/aromatic N) is 3. The number of aromatic nitrogens is 2. The molecule has 1 aliphatic rings. The number of hydrogen-bond donors (Lipinski definition) is 1. The zero-order valence-corrected chi connectivity index (χ0v) is 12.9. The quantitative estimate of drug-likeness (QED) is 0.919. The number of hydrogen-bond acceptors (Lipinski definition) is 3. The molecule has 2 heterocycles. The van der Waals surface area contributed by atoms with Crippen LogP contribution in [0.5, 0.6) is 0 Å². The largest absolute Gasteiger partial charge is 0.390 e. The number of aliphatic hydroxyl groups is 1. The van der Waals surface area contributed by atoms with Gasteiger partial charge < -0.3 is 10.0 Å². The van der Waals surface area contributed by atoms with Crippen LogP contribution in [0.1, 0.15) is 24.3 Å². The zero-order chi connectivity index (χ0) is 16.2. The maximum absolute atomic E-state index is 13.3. The summed E-state index contributed by atoms with van der Waals surface area (Å²) in [5, 5.41) is 14.2. The van der Waals surface area contributed by atoms with E-state index >= 15 is 0 Å². The Morgan fingerprint density at radius 1 is 1.17 bits per heavy atom. The van der Waals surface area contributed by atoms with Crippen molar-refractivity contribution in [2.24, 2.45) is 0 Å². The van der Waals surface area contributed by atoms with E-state index < -0.39 is 17.7 Å². The topological polar surface area (TPSA) is 41.3 Å². The van der Waals surface area contributed by atoms with Crippen LogP contribution in [0.3, 0.4) is 0 Å². The van der Waals surface area contributed by atoms with Crippen LogP contribution in [0.4, 0.5) is 8.78 Å². The van der Waals surface area contributed by atoms with Gasteiger partial charge in [0.15, 0.2) is 11.6 Å². The molecule has 6 heteroatoms. The molecule has 1 fully saturated rings. The predicted octanol–water partition coefficient (Wildman–Crippen LogP) is 2.40. The Bertz CT molecular complexity index is 625. The summed E-state index contributed by atoms with van der Waals surface area (Å²) in [6.07, 6.45) is 4.84. The molecule has 1 N–H and O–H groups in total. The van der Waals surface area contributed by atoms with Gasteiger partial charge in [0, 0.05) is 18.9 Å². The van der Waals surface area contributed by atoms with Gasteiger partial charge in [0.25, 0.3) is 0 Å². The minimum atomic E-state index is -0.798. The van der Waals surface area contributed by atoms with E-state index in [0.29, 0.717) is 13.1 Å². The van der Waals surface area contributed by atoms with Crippen molar-refractivity contribution in [3.63, 3.8) is 0 Å². The van der Waals surface area contributed by atoms with Gasteiger partial charge in [0.2, 0.25) is 0 Å². The fourth-order valence-corrected chi connectivity index (χ4v) is 3.20. The summed E-state index contributed by atoms with van der Waals surface area (Å²) in [4.78, 5) is 2.21. The molecule has 1 aliphatic heterocycles. The molecule has 124 valence electrons. The van der Waals surface area contributed by atoms with Crippen LogP contribution >= 0.6 is 0 Å². The summed E-state index contributed by atoms with van der Waals surface area (Å²) in [5.41, 5.74) is 0.862. The smallest absolute Gasteiger partial charge is 0.159 e. The Hall–Kier alpha value is -1.79. The second-order valence-corrected chi connectivity index (χ2v) is 6.13. The van der Waals surface area contributed by atoms with Gasteiger partial charge in [-0.1, -0.05) is 6.07 Å². The molecule has 1 aromatic carbocycles. The van der Waals surface area contributed by atoms with Gasteiger partial charge in [-0.3, -0.25) is 4.68 Å². The van der Waals surface area contributed by atoms with Crippen molar-refractivity contribution in [3.05, 3.63) is 53.9 Å². The summed E-state index contributed by atoms with van der Waals surface area (Å²) >= 11 is 0. The van der Waals surface area contributed by atoms with Gasteiger partial charge >= 0.3 is 0 Å². The van der Waals surface area contributed by atoms with Gasteiger partial charge in [0.1, 0.15) is 0 Å². The molecule has 0 saturated carbocycles. The highest BCUT2D eigenvalue weighted by molar-refractivity contribution is 5.22. The normalized spacial score (nSPS) is 18.2. The summed E-state index contributed by atoms with van der Waals surface area (Å²) in [6.45, 7) is 2.78. The molecular weight excluding hydrogens is 300 g/mol. The fourth-order valence-electron chi connectivity index (χ4n) is 3.20. The van der Waals surface area contributed by atoms with E-state index in [9.17, 15) is 13.9 Å². The monoisotopic (exact) mass is 321 g/mol. The highest BCUT2D eigenvalue weighted by Gasteiger charge is 2.23. The number of β-amino-alcohol motifs (C(OH)–C–C–N with tert-alkyl or cyclic N) is 1. The Labute approximate surface area is 134 Å². The first-order chi connectivity index (χ1) is 11.1. The first-order valence-corrected chi connectivity index (χ1v) is 7.94. The number of likely N-dealkylation sites (tertiary alicyclic amines) is 1. The molecule has 0 aliphatic carbocycles. The molecule has 0 spiro atoms. The van der Waals surface area contributed by atoms with Crippen LogP contribution in [0, 0.1) is 11.6 Å². The third-order valence-electron chi connectivity index (χ3n) is 4.43. The van der Waals surface area contributed by atoms with Crippen molar-refractivity contribution in [1.29, 1.82) is 0 Å². The van der Waals surface area contributed by atoms with E-state index in [1.807, 2.05) is 12.3 Å². The molecule has 1 saturated heterocycles. The number of halogens is 2. The number of piperidine rings is 1. The summed E-state index contributed by atoms with van der Waals surface area (Å²) in [5.74, 6) is -1.32. The number of rotatable bonds is 5. The third kappa shape index (κ3) is 4.14. The van der Waals surface area contributed by atoms with Gasteiger partial charge in [-0.05, 0) is 55.6 Å². The number of aliphatic hydroxyl groups excluding tert-OH is 1. The highest BCUT2D eigenvalue weighted by Crippen LogP contribution is 2.28. The molecular formula is C17H21F2N3O. The standard InChI is InChI=1S/C17H21F2N3O/c18-16-3-2-14(10-17(16)19)13-4-8-21(9-5-13)11-15(23)12-22-7-1-6-20-22/h1-3,6-7,10,13,15,23H,4-5,8-9,11-12H2/t15-/m0/s1. The molecule has 1 atom stereocenters. The average molecular weight is 321 g/mol. The molecule has 0 amide bonds. The van der Waals surface area contributed by atoms with Gasteiger partial charge in [-0.15, -0.1) is 0 Å². The summed E-state index contributed by atoms with van der Waals surface area (Å²) in [7, 11) is 0. The lowest BCUT2D eigenvalue weighted by atomic mass is 9.89. The van der Waals surface area contributed by atoms with Crippen LogP contribution in [0.25, 0.3) is 0 Å². The van der Waals surface area contributed by atoms with E-state index in [4.69, 9.17) is 0 Å². The fraction of sp³-hybridized carbons (Fsp3) is 0.471. The van der Waals surface area contributed by atoms with E-state index in [2.05, 4.69) is 10.00 Å². The molecule has 23 heavy (non-hydrogen) atoms. The van der Waals surface area contributed by atoms with Crippen molar-refractivity contribution in [2.45, 2.75) is 31.4 Å². The average Bonchev–Trinajstić information content (AvgIpc) is 3.03. The summed E-state index contributed by atoms with van der Waals surface area (Å²) < 4.78 is 28.1. The maximum Gasteiger partial charge on any atom is 0.159 e. The second kappa shape index (κ2) is 7.19. The van der Waals surface area contributed by atoms with E-state index in [1.165, 1.54) is 12.1 Å². The minimum absolute atomic E-state index is 0.254. The van der Waals surface area contributed by atoms with Crippen molar-refractivity contribution < 1.29 is 13.9 Å². The van der Waals surface area contributed by atoms with Crippen molar-refractivity contribution in [3.8, 4) is 0 Å². The van der Waals surface area contributed by atoms with E-state index in [-0.39, 0.29) is 5.92 Å². The maximum atomic E-state index is 13.3. The first-order valence-electron chi connectivity index (χ1n) is 7.94. The first kappa shape index (κ1) is 16.1. The van der Waals surface area contributed by atoms with Crippen molar-refractivity contribution >= 4 is 0 Å². The zero-order valence-electron chi connectivity index (χ0n) is 12.9. The Morgan fingerprint density at radius 2 is 1.96 bits per heavy atom. The molecule has 3 rings (SSSR count). The molecule has 0 unspecified atom stereocenters. The third-order valence-corrected chi connectivity index (χ3v) is 4.43. The number of benzene rings is 1. The Morgan fingerprint density at radius 3 is 2.61 bits per heavy atom. The molecule has 0 radical (unpaired) electrons. The lowest BCUT2D eigenvalue weighted by Crippen LogP contribution is -2.39. The Kier molecular flexibility index (Phi) is 5.03. The van der Waals surface area contributed by atoms with Crippen LogP contribution in [-0.2, 0) is 6.54 Å². The molecule has 0 bridgehead atoms. The van der Waals surface area contributed by atoms with Crippen molar-refractivity contribution in [2.75, 3.05) is 19.6 Å². The van der Waals surface area contributed by atoms with Crippen LogP contribution in [0.15, 0.2) is 36.7 Å².